The van der Waals surface area contributed by atoms with E-state index in [1.165, 1.54) is 12.1 Å². The van der Waals surface area contributed by atoms with Gasteiger partial charge in [-0.2, -0.15) is 0 Å². The Morgan fingerprint density at radius 1 is 0.963 bits per heavy atom. The molecular formula is C19H18N2O5S. The number of fused-ring (bicyclic) bond motifs is 1. The maximum Gasteiger partial charge on any atom is 0.262 e. The lowest BCUT2D eigenvalue weighted by atomic mass is 10.1. The Bertz CT molecular complexity index is 967. The SMILES string of the molecule is CS(=O)(=O)CC[C@@H](C(=O)Nc1ccccc1)N1C(=O)c2ccccc2C1=O. The molecule has 0 spiro atoms. The minimum atomic E-state index is -3.39. The summed E-state index contributed by atoms with van der Waals surface area (Å²) in [5.74, 6) is -2.14. The summed E-state index contributed by atoms with van der Waals surface area (Å²) in [7, 11) is -3.39. The molecule has 1 aliphatic rings. The van der Waals surface area contributed by atoms with Crippen LogP contribution in [-0.4, -0.2) is 49.1 Å². The quantitative estimate of drug-likeness (QED) is 0.762. The molecule has 3 amide bonds. The minimum Gasteiger partial charge on any atom is -0.324 e. The van der Waals surface area contributed by atoms with E-state index >= 15 is 0 Å². The van der Waals surface area contributed by atoms with Crippen LogP contribution in [0.25, 0.3) is 0 Å². The van der Waals surface area contributed by atoms with Crippen molar-refractivity contribution in [1.29, 1.82) is 0 Å². The van der Waals surface area contributed by atoms with E-state index < -0.39 is 33.6 Å². The van der Waals surface area contributed by atoms with Crippen LogP contribution in [0.3, 0.4) is 0 Å². The minimum absolute atomic E-state index is 0.178. The summed E-state index contributed by atoms with van der Waals surface area (Å²) in [6, 6.07) is 13.6. The second-order valence-electron chi connectivity index (χ2n) is 6.32. The van der Waals surface area contributed by atoms with Gasteiger partial charge in [-0.05, 0) is 30.7 Å². The van der Waals surface area contributed by atoms with Gasteiger partial charge in [0.05, 0.1) is 16.9 Å². The first-order chi connectivity index (χ1) is 12.8. The fourth-order valence-electron chi connectivity index (χ4n) is 2.94. The summed E-state index contributed by atoms with van der Waals surface area (Å²) in [6.45, 7) is 0. The smallest absolute Gasteiger partial charge is 0.262 e. The Morgan fingerprint density at radius 3 is 2.00 bits per heavy atom. The van der Waals surface area contributed by atoms with Crippen LogP contribution in [0.1, 0.15) is 27.1 Å². The lowest BCUT2D eigenvalue weighted by Crippen LogP contribution is -2.48. The zero-order valence-corrected chi connectivity index (χ0v) is 15.4. The maximum atomic E-state index is 12.8. The molecule has 140 valence electrons. The number of hydrogen-bond acceptors (Lipinski definition) is 5. The van der Waals surface area contributed by atoms with Crippen molar-refractivity contribution in [2.45, 2.75) is 12.5 Å². The van der Waals surface area contributed by atoms with Crippen LogP contribution in [0.2, 0.25) is 0 Å². The molecule has 0 bridgehead atoms. The maximum absolute atomic E-state index is 12.8. The van der Waals surface area contributed by atoms with Gasteiger partial charge in [-0.3, -0.25) is 19.3 Å². The molecule has 0 fully saturated rings. The van der Waals surface area contributed by atoms with Crippen LogP contribution in [0.15, 0.2) is 54.6 Å². The highest BCUT2D eigenvalue weighted by molar-refractivity contribution is 7.90. The van der Waals surface area contributed by atoms with Gasteiger partial charge in [0, 0.05) is 11.9 Å². The molecule has 8 heteroatoms. The summed E-state index contributed by atoms with van der Waals surface area (Å²) < 4.78 is 23.2. The molecule has 0 saturated carbocycles. The van der Waals surface area contributed by atoms with Gasteiger partial charge in [-0.1, -0.05) is 30.3 Å². The van der Waals surface area contributed by atoms with E-state index in [0.29, 0.717) is 5.69 Å². The van der Waals surface area contributed by atoms with E-state index in [-0.39, 0.29) is 23.3 Å². The van der Waals surface area contributed by atoms with Crippen molar-refractivity contribution in [3.05, 3.63) is 65.7 Å². The number of amides is 3. The molecule has 1 heterocycles. The number of anilines is 1. The lowest BCUT2D eigenvalue weighted by molar-refractivity contribution is -0.120. The van der Waals surface area contributed by atoms with Crippen molar-refractivity contribution in [2.24, 2.45) is 0 Å². The van der Waals surface area contributed by atoms with E-state index in [1.54, 1.807) is 42.5 Å². The van der Waals surface area contributed by atoms with Gasteiger partial charge in [-0.25, -0.2) is 8.42 Å². The number of sulfone groups is 1. The summed E-state index contributed by atoms with van der Waals surface area (Å²) in [5.41, 5.74) is 0.905. The normalized spacial score (nSPS) is 14.8. The predicted molar refractivity (Wildman–Crippen MR) is 100 cm³/mol. The molecule has 3 rings (SSSR count). The highest BCUT2D eigenvalue weighted by Crippen LogP contribution is 2.26. The average Bonchev–Trinajstić information content (AvgIpc) is 2.87. The number of carbonyl (C=O) groups is 3. The number of benzene rings is 2. The van der Waals surface area contributed by atoms with E-state index in [9.17, 15) is 22.8 Å². The van der Waals surface area contributed by atoms with E-state index in [1.807, 2.05) is 0 Å². The molecule has 27 heavy (non-hydrogen) atoms. The molecule has 1 N–H and O–H groups in total. The molecule has 0 aliphatic carbocycles. The van der Waals surface area contributed by atoms with Crippen molar-refractivity contribution < 1.29 is 22.8 Å². The molecule has 7 nitrogen and oxygen atoms in total. The average molecular weight is 386 g/mol. The molecule has 0 radical (unpaired) electrons. The molecule has 2 aromatic carbocycles. The van der Waals surface area contributed by atoms with Crippen LogP contribution < -0.4 is 5.32 Å². The van der Waals surface area contributed by atoms with Gasteiger partial charge in [0.25, 0.3) is 11.8 Å². The summed E-state index contributed by atoms with van der Waals surface area (Å²) in [4.78, 5) is 39.1. The van der Waals surface area contributed by atoms with Crippen molar-refractivity contribution in [3.8, 4) is 0 Å². The van der Waals surface area contributed by atoms with Crippen LogP contribution in [0, 0.1) is 0 Å². The lowest BCUT2D eigenvalue weighted by Gasteiger charge is -2.25. The zero-order valence-electron chi connectivity index (χ0n) is 14.6. The molecule has 0 aromatic heterocycles. The molecule has 1 aliphatic heterocycles. The van der Waals surface area contributed by atoms with Crippen LogP contribution in [-0.2, 0) is 14.6 Å². The summed E-state index contributed by atoms with van der Waals surface area (Å²) in [6.07, 6.45) is 0.866. The number of nitrogens with zero attached hydrogens (tertiary/aromatic N) is 1. The van der Waals surface area contributed by atoms with Gasteiger partial charge < -0.3 is 5.32 Å². The number of imide groups is 1. The standard InChI is InChI=1S/C19H18N2O5S/c1-27(25,26)12-11-16(17(22)20-13-7-3-2-4-8-13)21-18(23)14-9-5-6-10-15(14)19(21)24/h2-10,16H,11-12H2,1H3,(H,20,22)/t16-/m0/s1. The van der Waals surface area contributed by atoms with Gasteiger partial charge in [0.2, 0.25) is 5.91 Å². The first kappa shape index (κ1) is 18.8. The highest BCUT2D eigenvalue weighted by atomic mass is 32.2. The van der Waals surface area contributed by atoms with Crippen molar-refractivity contribution in [2.75, 3.05) is 17.3 Å². The van der Waals surface area contributed by atoms with E-state index in [0.717, 1.165) is 11.2 Å². The Balaban J connectivity index is 1.91. The van der Waals surface area contributed by atoms with E-state index in [2.05, 4.69) is 5.32 Å². The number of carbonyl (C=O) groups excluding carboxylic acids is 3. The van der Waals surface area contributed by atoms with Gasteiger partial charge in [0.15, 0.2) is 0 Å². The number of para-hydroxylation sites is 1. The highest BCUT2D eigenvalue weighted by Gasteiger charge is 2.42. The van der Waals surface area contributed by atoms with E-state index in [4.69, 9.17) is 0 Å². The third-order valence-corrected chi connectivity index (χ3v) is 5.22. The number of hydrogen-bond donors (Lipinski definition) is 1. The first-order valence-corrected chi connectivity index (χ1v) is 10.3. The third-order valence-electron chi connectivity index (χ3n) is 4.24. The fourth-order valence-corrected chi connectivity index (χ4v) is 3.59. The van der Waals surface area contributed by atoms with Crippen molar-refractivity contribution >= 4 is 33.2 Å². The Kier molecular flexibility index (Phi) is 5.09. The van der Waals surface area contributed by atoms with Crippen LogP contribution >= 0.6 is 0 Å². The summed E-state index contributed by atoms with van der Waals surface area (Å²) >= 11 is 0. The molecule has 0 saturated heterocycles. The second kappa shape index (κ2) is 7.32. The Hall–Kier alpha value is -3.00. The Labute approximate surface area is 156 Å². The Morgan fingerprint density at radius 2 is 1.48 bits per heavy atom. The van der Waals surface area contributed by atoms with Gasteiger partial charge in [-0.15, -0.1) is 0 Å². The topological polar surface area (TPSA) is 101 Å². The number of rotatable bonds is 6. The molecule has 0 unspecified atom stereocenters. The molecular weight excluding hydrogens is 368 g/mol. The predicted octanol–water partition coefficient (Wildman–Crippen LogP) is 1.72. The van der Waals surface area contributed by atoms with Crippen LogP contribution in [0.5, 0.6) is 0 Å². The zero-order chi connectivity index (χ0) is 19.6. The monoisotopic (exact) mass is 386 g/mol. The number of nitrogens with one attached hydrogen (secondary N) is 1. The first-order valence-electron chi connectivity index (χ1n) is 8.28. The largest absolute Gasteiger partial charge is 0.324 e. The third kappa shape index (κ3) is 4.06. The van der Waals surface area contributed by atoms with Gasteiger partial charge in [0.1, 0.15) is 15.9 Å². The molecule has 2 aromatic rings. The summed E-state index contributed by atoms with van der Waals surface area (Å²) in [5, 5.41) is 2.64. The van der Waals surface area contributed by atoms with Crippen molar-refractivity contribution in [3.63, 3.8) is 0 Å². The molecule has 1 atom stereocenters. The van der Waals surface area contributed by atoms with Crippen molar-refractivity contribution in [1.82, 2.24) is 4.90 Å². The fraction of sp³-hybridized carbons (Fsp3) is 0.211. The second-order valence-corrected chi connectivity index (χ2v) is 8.58. The van der Waals surface area contributed by atoms with Crippen LogP contribution in [0.4, 0.5) is 5.69 Å². The van der Waals surface area contributed by atoms with Gasteiger partial charge >= 0.3 is 0 Å².